The molecule has 0 aliphatic carbocycles. The zero-order chi connectivity index (χ0) is 9.07. The quantitative estimate of drug-likeness (QED) is 0.532. The number of rotatable bonds is 4. The van der Waals surface area contributed by atoms with Gasteiger partial charge in [-0.05, 0) is 13.8 Å². The summed E-state index contributed by atoms with van der Waals surface area (Å²) in [5, 5.41) is 17.7. The maximum absolute atomic E-state index is 10.7. The van der Waals surface area contributed by atoms with Crippen LogP contribution in [-0.4, -0.2) is 34.0 Å². The minimum absolute atomic E-state index is 0.225. The van der Waals surface area contributed by atoms with Crippen LogP contribution in [0.1, 0.15) is 20.3 Å². The third kappa shape index (κ3) is 2.10. The summed E-state index contributed by atoms with van der Waals surface area (Å²) in [5.41, 5.74) is -1.98. The first-order valence-electron chi connectivity index (χ1n) is 3.30. The average Bonchev–Trinajstić information content (AvgIpc) is 1.87. The molecule has 0 aromatic rings. The van der Waals surface area contributed by atoms with E-state index in [4.69, 9.17) is 5.11 Å². The summed E-state index contributed by atoms with van der Waals surface area (Å²) >= 11 is 0. The fourth-order valence-corrected chi connectivity index (χ4v) is 0.762. The number of carbonyl (C=O) groups excluding carboxylic acids is 2. The minimum Gasteiger partial charge on any atom is -0.396 e. The van der Waals surface area contributed by atoms with Gasteiger partial charge in [0.2, 0.25) is 0 Å². The van der Waals surface area contributed by atoms with Crippen molar-refractivity contribution in [2.75, 3.05) is 6.61 Å². The van der Waals surface area contributed by atoms with Gasteiger partial charge in [-0.2, -0.15) is 0 Å². The van der Waals surface area contributed by atoms with Gasteiger partial charge in [0.05, 0.1) is 0 Å². The van der Waals surface area contributed by atoms with Gasteiger partial charge in [0.1, 0.15) is 0 Å². The zero-order valence-electron chi connectivity index (χ0n) is 6.63. The van der Waals surface area contributed by atoms with Gasteiger partial charge in [-0.1, -0.05) is 0 Å². The second kappa shape index (κ2) is 3.59. The normalized spacial score (nSPS) is 11.3. The van der Waals surface area contributed by atoms with E-state index in [1.54, 1.807) is 0 Å². The lowest BCUT2D eigenvalue weighted by molar-refractivity contribution is -0.149. The number of aliphatic hydroxyl groups excluding tert-OH is 1. The third-order valence-electron chi connectivity index (χ3n) is 1.64. The van der Waals surface area contributed by atoms with Crippen molar-refractivity contribution in [1.82, 2.24) is 0 Å². The number of Topliss-reactive ketones (excluding diaryl/α,β-unsaturated/α-hetero) is 2. The average molecular weight is 160 g/mol. The molecule has 0 heterocycles. The molecule has 0 aromatic carbocycles. The van der Waals surface area contributed by atoms with Gasteiger partial charge in [0, 0.05) is 13.0 Å². The van der Waals surface area contributed by atoms with E-state index >= 15 is 0 Å². The molecule has 0 aromatic heterocycles. The maximum atomic E-state index is 10.7. The SMILES string of the molecule is CC(=O)C(O)(CCO)C(C)=O. The highest BCUT2D eigenvalue weighted by Gasteiger charge is 2.36. The predicted molar refractivity (Wildman–Crippen MR) is 38.0 cm³/mol. The molecule has 0 spiro atoms. The first-order valence-corrected chi connectivity index (χ1v) is 3.30. The summed E-state index contributed by atoms with van der Waals surface area (Å²) in [6.07, 6.45) is -0.225. The Morgan fingerprint density at radius 3 is 1.73 bits per heavy atom. The molecule has 0 atom stereocenters. The van der Waals surface area contributed by atoms with Crippen molar-refractivity contribution < 1.29 is 19.8 Å². The summed E-state index contributed by atoms with van der Waals surface area (Å²) in [5.74, 6) is -1.25. The molecule has 0 saturated heterocycles. The number of ketones is 2. The fraction of sp³-hybridized carbons (Fsp3) is 0.714. The molecule has 4 nitrogen and oxygen atoms in total. The van der Waals surface area contributed by atoms with E-state index in [0.29, 0.717) is 0 Å². The summed E-state index contributed by atoms with van der Waals surface area (Å²) in [4.78, 5) is 21.4. The van der Waals surface area contributed by atoms with Crippen LogP contribution in [0.5, 0.6) is 0 Å². The zero-order valence-corrected chi connectivity index (χ0v) is 6.63. The Morgan fingerprint density at radius 1 is 1.27 bits per heavy atom. The molecule has 0 radical (unpaired) electrons. The second-order valence-corrected chi connectivity index (χ2v) is 2.45. The Kier molecular flexibility index (Phi) is 3.35. The smallest absolute Gasteiger partial charge is 0.182 e. The lowest BCUT2D eigenvalue weighted by Gasteiger charge is -2.20. The van der Waals surface area contributed by atoms with Gasteiger partial charge >= 0.3 is 0 Å². The van der Waals surface area contributed by atoms with Crippen molar-refractivity contribution in [2.45, 2.75) is 25.9 Å². The van der Waals surface area contributed by atoms with E-state index in [0.717, 1.165) is 13.8 Å². The van der Waals surface area contributed by atoms with Crippen LogP contribution in [-0.2, 0) is 9.59 Å². The molecule has 0 aliphatic heterocycles. The van der Waals surface area contributed by atoms with Crippen LogP contribution in [0.25, 0.3) is 0 Å². The predicted octanol–water partition coefficient (Wildman–Crippen LogP) is -0.722. The minimum atomic E-state index is -1.98. The van der Waals surface area contributed by atoms with Gasteiger partial charge in [-0.3, -0.25) is 9.59 Å². The number of hydrogen-bond acceptors (Lipinski definition) is 4. The number of hydrogen-bond donors (Lipinski definition) is 2. The Morgan fingerprint density at radius 2 is 1.64 bits per heavy atom. The summed E-state index contributed by atoms with van der Waals surface area (Å²) in [7, 11) is 0. The molecule has 11 heavy (non-hydrogen) atoms. The topological polar surface area (TPSA) is 74.6 Å². The Hall–Kier alpha value is -0.740. The van der Waals surface area contributed by atoms with E-state index in [1.807, 2.05) is 0 Å². The Labute approximate surface area is 64.8 Å². The van der Waals surface area contributed by atoms with E-state index in [-0.39, 0.29) is 13.0 Å². The summed E-state index contributed by atoms with van der Waals surface area (Å²) in [6.45, 7) is 1.86. The lowest BCUT2D eigenvalue weighted by Crippen LogP contribution is -2.44. The monoisotopic (exact) mass is 160 g/mol. The fourth-order valence-electron chi connectivity index (χ4n) is 0.762. The second-order valence-electron chi connectivity index (χ2n) is 2.45. The molecule has 2 N–H and O–H groups in total. The van der Waals surface area contributed by atoms with Gasteiger partial charge in [0.25, 0.3) is 0 Å². The largest absolute Gasteiger partial charge is 0.396 e. The maximum Gasteiger partial charge on any atom is 0.182 e. The van der Waals surface area contributed by atoms with Crippen LogP contribution >= 0.6 is 0 Å². The van der Waals surface area contributed by atoms with Crippen molar-refractivity contribution in [1.29, 1.82) is 0 Å². The Balaban J connectivity index is 4.52. The molecule has 64 valence electrons. The highest BCUT2D eigenvalue weighted by atomic mass is 16.3. The van der Waals surface area contributed by atoms with Crippen molar-refractivity contribution in [3.8, 4) is 0 Å². The van der Waals surface area contributed by atoms with E-state index in [1.165, 1.54) is 0 Å². The number of aliphatic hydroxyl groups is 2. The third-order valence-corrected chi connectivity index (χ3v) is 1.64. The van der Waals surface area contributed by atoms with E-state index in [2.05, 4.69) is 0 Å². The standard InChI is InChI=1S/C7H12O4/c1-5(9)7(11,3-4-8)6(2)10/h8,11H,3-4H2,1-2H3. The first kappa shape index (κ1) is 10.3. The van der Waals surface area contributed by atoms with Crippen LogP contribution in [0, 0.1) is 0 Å². The van der Waals surface area contributed by atoms with Crippen LogP contribution in [0.15, 0.2) is 0 Å². The molecule has 0 bridgehead atoms. The first-order chi connectivity index (χ1) is 4.95. The molecular formula is C7H12O4. The highest BCUT2D eigenvalue weighted by Crippen LogP contribution is 2.12. The van der Waals surface area contributed by atoms with Crippen LogP contribution in [0.4, 0.5) is 0 Å². The molecule has 0 fully saturated rings. The molecule has 0 amide bonds. The van der Waals surface area contributed by atoms with Gasteiger partial charge in [-0.25, -0.2) is 0 Å². The number of carbonyl (C=O) groups is 2. The summed E-state index contributed by atoms with van der Waals surface area (Å²) in [6, 6.07) is 0. The van der Waals surface area contributed by atoms with E-state index in [9.17, 15) is 14.7 Å². The van der Waals surface area contributed by atoms with Gasteiger partial charge in [-0.15, -0.1) is 0 Å². The molecule has 0 unspecified atom stereocenters. The van der Waals surface area contributed by atoms with Crippen molar-refractivity contribution >= 4 is 11.6 Å². The lowest BCUT2D eigenvalue weighted by atomic mass is 9.91. The van der Waals surface area contributed by atoms with Crippen LogP contribution in [0.3, 0.4) is 0 Å². The Bertz CT molecular complexity index is 159. The van der Waals surface area contributed by atoms with Gasteiger partial charge in [0.15, 0.2) is 17.2 Å². The molecular weight excluding hydrogens is 148 g/mol. The molecule has 0 rings (SSSR count). The van der Waals surface area contributed by atoms with E-state index < -0.39 is 17.2 Å². The highest BCUT2D eigenvalue weighted by molar-refractivity contribution is 6.08. The molecule has 0 saturated carbocycles. The van der Waals surface area contributed by atoms with Gasteiger partial charge < -0.3 is 10.2 Å². The van der Waals surface area contributed by atoms with Crippen molar-refractivity contribution in [3.63, 3.8) is 0 Å². The van der Waals surface area contributed by atoms with Crippen molar-refractivity contribution in [3.05, 3.63) is 0 Å². The summed E-state index contributed by atoms with van der Waals surface area (Å²) < 4.78 is 0. The van der Waals surface area contributed by atoms with Crippen LogP contribution < -0.4 is 0 Å². The van der Waals surface area contributed by atoms with Crippen molar-refractivity contribution in [2.24, 2.45) is 0 Å². The van der Waals surface area contributed by atoms with Crippen LogP contribution in [0.2, 0.25) is 0 Å². The molecule has 0 aliphatic rings. The molecule has 4 heteroatoms.